The molecule has 0 radical (unpaired) electrons. The highest BCUT2D eigenvalue weighted by Gasteiger charge is 2.33. The van der Waals surface area contributed by atoms with E-state index in [1.807, 2.05) is 24.3 Å². The van der Waals surface area contributed by atoms with Gasteiger partial charge < -0.3 is 20.9 Å². The van der Waals surface area contributed by atoms with Crippen LogP contribution in [0.25, 0.3) is 12.2 Å². The van der Waals surface area contributed by atoms with Crippen LogP contribution in [0.2, 0.25) is 0 Å². The molecule has 0 aromatic heterocycles. The molecule has 2 atom stereocenters. The monoisotopic (exact) mass is 540 g/mol. The van der Waals surface area contributed by atoms with Crippen LogP contribution < -0.4 is 20.9 Å². The van der Waals surface area contributed by atoms with E-state index in [0.717, 1.165) is 11.1 Å². The van der Waals surface area contributed by atoms with Crippen molar-refractivity contribution in [1.82, 2.24) is 0 Å². The zero-order valence-electron chi connectivity index (χ0n) is 21.9. The number of sulfone groups is 1. The van der Waals surface area contributed by atoms with Crippen molar-refractivity contribution in [1.29, 1.82) is 0 Å². The number of hydrogen-bond donors (Lipinski definition) is 2. The Morgan fingerprint density at radius 1 is 0.564 bits per heavy atom. The van der Waals surface area contributed by atoms with Crippen LogP contribution in [-0.2, 0) is 9.84 Å². The second-order valence-corrected chi connectivity index (χ2v) is 11.2. The summed E-state index contributed by atoms with van der Waals surface area (Å²) < 4.78 is 39.6. The average molecular weight is 541 g/mol. The molecule has 0 aliphatic carbocycles. The Balaban J connectivity index is 1.82. The second kappa shape index (κ2) is 12.4. The van der Waals surface area contributed by atoms with E-state index in [2.05, 4.69) is 0 Å². The minimum atomic E-state index is -3.87. The van der Waals surface area contributed by atoms with Gasteiger partial charge in [-0.2, -0.15) is 0 Å². The molecule has 4 aromatic rings. The zero-order chi connectivity index (χ0) is 27.8. The Morgan fingerprint density at radius 3 is 1.21 bits per heavy atom. The fraction of sp³-hybridized carbons (Fsp3) is 0.125. The van der Waals surface area contributed by atoms with E-state index in [4.69, 9.17) is 20.9 Å². The first kappa shape index (κ1) is 27.5. The summed E-state index contributed by atoms with van der Waals surface area (Å²) in [6.07, 6.45) is 7.05. The van der Waals surface area contributed by atoms with Gasteiger partial charge in [-0.25, -0.2) is 8.42 Å². The molecule has 39 heavy (non-hydrogen) atoms. The number of anilines is 2. The lowest BCUT2D eigenvalue weighted by Gasteiger charge is -2.22. The van der Waals surface area contributed by atoms with Gasteiger partial charge in [0.15, 0.2) is 9.84 Å². The Hall–Kier alpha value is -4.49. The lowest BCUT2D eigenvalue weighted by atomic mass is 10.1. The molecule has 4 rings (SSSR count). The Kier molecular flexibility index (Phi) is 8.74. The van der Waals surface area contributed by atoms with Crippen molar-refractivity contribution < 1.29 is 17.9 Å². The van der Waals surface area contributed by atoms with Crippen molar-refractivity contribution >= 4 is 33.4 Å². The van der Waals surface area contributed by atoms with E-state index in [1.165, 1.54) is 0 Å². The maximum atomic E-state index is 14.5. The van der Waals surface area contributed by atoms with Gasteiger partial charge in [0.05, 0.1) is 14.2 Å². The summed E-state index contributed by atoms with van der Waals surface area (Å²) in [5, 5.41) is -1.88. The topological polar surface area (TPSA) is 105 Å². The van der Waals surface area contributed by atoms with Crippen LogP contribution in [-0.4, -0.2) is 22.6 Å². The molecular weight excluding hydrogens is 508 g/mol. The Labute approximate surface area is 230 Å². The van der Waals surface area contributed by atoms with Crippen LogP contribution in [0.1, 0.15) is 32.8 Å². The maximum absolute atomic E-state index is 14.5. The molecule has 0 spiro atoms. The quantitative estimate of drug-likeness (QED) is 0.223. The minimum Gasteiger partial charge on any atom is -0.497 e. The largest absolute Gasteiger partial charge is 0.497 e. The van der Waals surface area contributed by atoms with Gasteiger partial charge in [-0.1, -0.05) is 72.8 Å². The molecule has 0 aliphatic heterocycles. The van der Waals surface area contributed by atoms with Crippen molar-refractivity contribution in [3.63, 3.8) is 0 Å². The summed E-state index contributed by atoms with van der Waals surface area (Å²) in [6.45, 7) is 0. The van der Waals surface area contributed by atoms with Crippen LogP contribution >= 0.6 is 0 Å². The molecule has 2 unspecified atom stereocenters. The van der Waals surface area contributed by atoms with E-state index < -0.39 is 20.3 Å². The van der Waals surface area contributed by atoms with Crippen molar-refractivity contribution in [2.24, 2.45) is 0 Å². The SMILES string of the molecule is COc1ccc(C(C=Cc2ccc(N)cc2)S(=O)(=O)C(C=Cc2ccc(N)cc2)c2ccc(OC)cc2)cc1. The zero-order valence-corrected chi connectivity index (χ0v) is 22.7. The lowest BCUT2D eigenvalue weighted by Crippen LogP contribution is -2.19. The molecule has 4 aromatic carbocycles. The third-order valence-electron chi connectivity index (χ3n) is 6.40. The van der Waals surface area contributed by atoms with E-state index in [9.17, 15) is 8.42 Å². The highest BCUT2D eigenvalue weighted by atomic mass is 32.2. The Morgan fingerprint density at radius 2 is 0.897 bits per heavy atom. The number of benzene rings is 4. The normalized spacial score (nSPS) is 13.4. The molecule has 0 heterocycles. The van der Waals surface area contributed by atoms with Gasteiger partial charge in [-0.3, -0.25) is 0 Å². The molecule has 4 N–H and O–H groups in total. The number of nitrogen functional groups attached to an aromatic ring is 2. The number of hydrogen-bond acceptors (Lipinski definition) is 6. The molecule has 0 saturated heterocycles. The smallest absolute Gasteiger partial charge is 0.171 e. The van der Waals surface area contributed by atoms with Gasteiger partial charge in [-0.15, -0.1) is 0 Å². The first-order valence-corrected chi connectivity index (χ1v) is 14.0. The van der Waals surface area contributed by atoms with E-state index >= 15 is 0 Å². The number of ether oxygens (including phenoxy) is 2. The minimum absolute atomic E-state index is 0.627. The van der Waals surface area contributed by atoms with Crippen molar-refractivity contribution in [3.8, 4) is 11.5 Å². The molecule has 6 nitrogen and oxygen atoms in total. The fourth-order valence-corrected chi connectivity index (χ4v) is 6.16. The van der Waals surface area contributed by atoms with Crippen LogP contribution in [0.4, 0.5) is 11.4 Å². The van der Waals surface area contributed by atoms with E-state index in [-0.39, 0.29) is 0 Å². The predicted molar refractivity (Wildman–Crippen MR) is 160 cm³/mol. The maximum Gasteiger partial charge on any atom is 0.171 e. The molecule has 200 valence electrons. The van der Waals surface area contributed by atoms with E-state index in [1.54, 1.807) is 111 Å². The van der Waals surface area contributed by atoms with Crippen LogP contribution in [0.3, 0.4) is 0 Å². The van der Waals surface area contributed by atoms with Crippen molar-refractivity contribution in [2.45, 2.75) is 10.5 Å². The van der Waals surface area contributed by atoms with Gasteiger partial charge in [0.25, 0.3) is 0 Å². The first-order chi connectivity index (χ1) is 18.8. The van der Waals surface area contributed by atoms with Gasteiger partial charge in [0, 0.05) is 11.4 Å². The molecule has 7 heteroatoms. The molecule has 0 amide bonds. The lowest BCUT2D eigenvalue weighted by molar-refractivity contribution is 0.414. The van der Waals surface area contributed by atoms with Crippen LogP contribution in [0.5, 0.6) is 11.5 Å². The summed E-state index contributed by atoms with van der Waals surface area (Å²) in [4.78, 5) is 0. The van der Waals surface area contributed by atoms with Gasteiger partial charge in [0.2, 0.25) is 0 Å². The molecular formula is C32H32N2O4S. The molecule has 0 saturated carbocycles. The summed E-state index contributed by atoms with van der Waals surface area (Å²) in [7, 11) is -0.719. The Bertz CT molecular complexity index is 1410. The highest BCUT2D eigenvalue weighted by molar-refractivity contribution is 7.92. The molecule has 0 bridgehead atoms. The number of nitrogens with two attached hydrogens (primary N) is 2. The first-order valence-electron chi connectivity index (χ1n) is 12.4. The average Bonchev–Trinajstić information content (AvgIpc) is 2.95. The third-order valence-corrected chi connectivity index (χ3v) is 8.67. The second-order valence-electron chi connectivity index (χ2n) is 9.03. The van der Waals surface area contributed by atoms with Crippen molar-refractivity contribution in [2.75, 3.05) is 25.7 Å². The molecule has 0 fully saturated rings. The van der Waals surface area contributed by atoms with Gasteiger partial charge in [0.1, 0.15) is 22.0 Å². The van der Waals surface area contributed by atoms with Crippen molar-refractivity contribution in [3.05, 3.63) is 131 Å². The standard InChI is InChI=1S/C32H32N2O4S/c1-37-29-17-9-25(10-18-29)31(21-7-23-3-13-27(33)14-4-23)39(35,36)32(26-11-19-30(38-2)20-12-26)22-8-24-5-15-28(34)16-6-24/h3-22,31-32H,33-34H2,1-2H3. The summed E-state index contributed by atoms with van der Waals surface area (Å²) >= 11 is 0. The highest BCUT2D eigenvalue weighted by Crippen LogP contribution is 2.38. The number of rotatable bonds is 10. The van der Waals surface area contributed by atoms with Gasteiger partial charge in [-0.05, 0) is 70.8 Å². The summed E-state index contributed by atoms with van der Waals surface area (Å²) in [6, 6.07) is 28.7. The molecule has 0 aliphatic rings. The number of methoxy groups -OCH3 is 2. The predicted octanol–water partition coefficient (Wildman–Crippen LogP) is 6.49. The summed E-state index contributed by atoms with van der Waals surface area (Å²) in [5.41, 5.74) is 15.9. The van der Waals surface area contributed by atoms with Crippen LogP contribution in [0, 0.1) is 0 Å². The third kappa shape index (κ3) is 6.89. The van der Waals surface area contributed by atoms with Gasteiger partial charge >= 0.3 is 0 Å². The van der Waals surface area contributed by atoms with Crippen LogP contribution in [0.15, 0.2) is 109 Å². The fourth-order valence-electron chi connectivity index (χ4n) is 4.18. The summed E-state index contributed by atoms with van der Waals surface area (Å²) in [5.74, 6) is 1.29. The van der Waals surface area contributed by atoms with E-state index in [0.29, 0.717) is 34.0 Å².